The molecule has 154 valence electrons. The summed E-state index contributed by atoms with van der Waals surface area (Å²) in [4.78, 5) is 46.6. The minimum absolute atomic E-state index is 0.0187. The highest BCUT2D eigenvalue weighted by Crippen LogP contribution is 2.16. The minimum atomic E-state index is -0.710. The monoisotopic (exact) mass is 399 g/mol. The first-order chi connectivity index (χ1) is 13.9. The Bertz CT molecular complexity index is 1020. The summed E-state index contributed by atoms with van der Waals surface area (Å²) in [6.07, 6.45) is 0. The number of rotatable bonds is 5. The van der Waals surface area contributed by atoms with Crippen molar-refractivity contribution in [1.29, 1.82) is 0 Å². The average molecular weight is 399 g/mol. The van der Waals surface area contributed by atoms with E-state index in [4.69, 9.17) is 0 Å². The van der Waals surface area contributed by atoms with Gasteiger partial charge >= 0.3 is 5.69 Å². The average Bonchev–Trinajstić information content (AvgIpc) is 2.69. The Morgan fingerprint density at radius 3 is 2.38 bits per heavy atom. The normalized spacial score (nSPS) is 15.5. The third-order valence-electron chi connectivity index (χ3n) is 5.05. The van der Waals surface area contributed by atoms with Crippen LogP contribution >= 0.6 is 0 Å². The largest absolute Gasteiger partial charge is 0.493 e. The first kappa shape index (κ1) is 20.5. The van der Waals surface area contributed by atoms with E-state index in [2.05, 4.69) is 14.9 Å². The lowest BCUT2D eigenvalue weighted by atomic mass is 10.2. The van der Waals surface area contributed by atoms with Crippen LogP contribution in [0.1, 0.15) is 19.4 Å². The van der Waals surface area contributed by atoms with Crippen molar-refractivity contribution in [2.45, 2.75) is 13.8 Å². The molecule has 29 heavy (non-hydrogen) atoms. The van der Waals surface area contributed by atoms with E-state index in [1.54, 1.807) is 44.2 Å². The van der Waals surface area contributed by atoms with Gasteiger partial charge < -0.3 is 10.0 Å². The summed E-state index contributed by atoms with van der Waals surface area (Å²) in [5.41, 5.74) is -0.594. The lowest BCUT2D eigenvalue weighted by Crippen LogP contribution is -2.48. The van der Waals surface area contributed by atoms with E-state index in [-0.39, 0.29) is 11.5 Å². The minimum Gasteiger partial charge on any atom is -0.493 e. The molecule has 0 saturated carbocycles. The summed E-state index contributed by atoms with van der Waals surface area (Å²) >= 11 is 0. The van der Waals surface area contributed by atoms with Crippen LogP contribution in [0.3, 0.4) is 0 Å². The number of amides is 1. The standard InChI is InChI=1S/C20H25N5O4/c1-14(21-8-9-23-10-12-24(13-11-23)15(2)26)17-18(27)22-20(29)25(19(17)28)16-6-4-3-5-7-16/h3-7,28H,8-13H2,1-2H3,(H,22,27,29). The second-order valence-corrected chi connectivity index (χ2v) is 6.94. The molecule has 0 unspecified atom stereocenters. The van der Waals surface area contributed by atoms with Gasteiger partial charge in [-0.2, -0.15) is 0 Å². The maximum atomic E-state index is 12.3. The number of carbonyl (C=O) groups excluding carboxylic acids is 1. The molecule has 1 aliphatic rings. The number of para-hydroxylation sites is 1. The van der Waals surface area contributed by atoms with Gasteiger partial charge in [0, 0.05) is 45.4 Å². The number of benzene rings is 1. The van der Waals surface area contributed by atoms with Crippen molar-refractivity contribution in [3.63, 3.8) is 0 Å². The summed E-state index contributed by atoms with van der Waals surface area (Å²) in [6.45, 7) is 7.27. The van der Waals surface area contributed by atoms with Crippen molar-refractivity contribution in [2.24, 2.45) is 4.99 Å². The van der Waals surface area contributed by atoms with Crippen LogP contribution in [-0.2, 0) is 4.79 Å². The number of nitrogens with zero attached hydrogens (tertiary/aromatic N) is 4. The van der Waals surface area contributed by atoms with Crippen LogP contribution < -0.4 is 11.2 Å². The zero-order chi connectivity index (χ0) is 21.0. The molecule has 1 aromatic carbocycles. The van der Waals surface area contributed by atoms with Gasteiger partial charge in [-0.15, -0.1) is 0 Å². The van der Waals surface area contributed by atoms with Gasteiger partial charge in [0.1, 0.15) is 5.56 Å². The van der Waals surface area contributed by atoms with Gasteiger partial charge in [-0.1, -0.05) is 18.2 Å². The predicted octanol–water partition coefficient (Wildman–Crippen LogP) is 0.205. The highest BCUT2D eigenvalue weighted by molar-refractivity contribution is 6.00. The predicted molar refractivity (Wildman–Crippen MR) is 110 cm³/mol. The molecule has 0 aliphatic carbocycles. The Labute approximate surface area is 167 Å². The number of H-pyrrole nitrogens is 1. The molecule has 0 bridgehead atoms. The van der Waals surface area contributed by atoms with Crippen LogP contribution in [-0.4, -0.2) is 75.3 Å². The molecule has 0 spiro atoms. The van der Waals surface area contributed by atoms with Crippen LogP contribution in [0.2, 0.25) is 0 Å². The van der Waals surface area contributed by atoms with Crippen molar-refractivity contribution in [3.05, 3.63) is 56.7 Å². The number of hydrogen-bond acceptors (Lipinski definition) is 6. The fraction of sp³-hybridized carbons (Fsp3) is 0.400. The number of piperazine rings is 1. The first-order valence-electron chi connectivity index (χ1n) is 9.51. The number of nitrogens with one attached hydrogen (secondary N) is 1. The third-order valence-corrected chi connectivity index (χ3v) is 5.05. The number of aromatic hydroxyl groups is 1. The molecule has 0 radical (unpaired) electrons. The Balaban J connectivity index is 1.75. The Morgan fingerprint density at radius 2 is 1.76 bits per heavy atom. The topological polar surface area (TPSA) is 111 Å². The van der Waals surface area contributed by atoms with Gasteiger partial charge in [-0.05, 0) is 19.1 Å². The van der Waals surface area contributed by atoms with Crippen molar-refractivity contribution >= 4 is 11.6 Å². The number of aliphatic imine (C=N–C) groups is 1. The van der Waals surface area contributed by atoms with Gasteiger partial charge in [0.15, 0.2) is 0 Å². The fourth-order valence-electron chi connectivity index (χ4n) is 3.39. The molecule has 1 amide bonds. The molecule has 9 nitrogen and oxygen atoms in total. The van der Waals surface area contributed by atoms with Crippen molar-refractivity contribution in [3.8, 4) is 11.6 Å². The first-order valence-corrected chi connectivity index (χ1v) is 9.51. The number of hydrogen-bond donors (Lipinski definition) is 2. The quantitative estimate of drug-likeness (QED) is 0.698. The molecule has 2 heterocycles. The van der Waals surface area contributed by atoms with Crippen LogP contribution in [0.15, 0.2) is 44.9 Å². The molecule has 1 aliphatic heterocycles. The zero-order valence-corrected chi connectivity index (χ0v) is 16.6. The summed E-state index contributed by atoms with van der Waals surface area (Å²) in [7, 11) is 0. The van der Waals surface area contributed by atoms with Crippen molar-refractivity contribution in [1.82, 2.24) is 19.4 Å². The van der Waals surface area contributed by atoms with Gasteiger partial charge in [0.2, 0.25) is 11.8 Å². The highest BCUT2D eigenvalue weighted by Gasteiger charge is 2.19. The number of aromatic nitrogens is 2. The van der Waals surface area contributed by atoms with Gasteiger partial charge in [-0.25, -0.2) is 9.36 Å². The summed E-state index contributed by atoms with van der Waals surface area (Å²) in [5.74, 6) is -0.344. The van der Waals surface area contributed by atoms with Gasteiger partial charge in [0.05, 0.1) is 12.2 Å². The Morgan fingerprint density at radius 1 is 1.10 bits per heavy atom. The lowest BCUT2D eigenvalue weighted by Gasteiger charge is -2.33. The van der Waals surface area contributed by atoms with Gasteiger partial charge in [0.25, 0.3) is 5.56 Å². The van der Waals surface area contributed by atoms with Crippen molar-refractivity contribution in [2.75, 3.05) is 39.3 Å². The van der Waals surface area contributed by atoms with Crippen LogP contribution in [0.4, 0.5) is 0 Å². The fourth-order valence-corrected chi connectivity index (χ4v) is 3.39. The SMILES string of the molecule is CC(=O)N1CCN(CCN=C(C)c2c(O)n(-c3ccccc3)c(=O)[nH]c2=O)CC1. The smallest absolute Gasteiger partial charge is 0.335 e. The Kier molecular flexibility index (Phi) is 6.28. The maximum absolute atomic E-state index is 12.3. The summed E-state index contributed by atoms with van der Waals surface area (Å²) in [5, 5.41) is 10.6. The second kappa shape index (κ2) is 8.87. The Hall–Kier alpha value is -3.20. The van der Waals surface area contributed by atoms with E-state index in [0.29, 0.717) is 37.6 Å². The lowest BCUT2D eigenvalue weighted by molar-refractivity contribution is -0.130. The number of carbonyl (C=O) groups is 1. The van der Waals surface area contributed by atoms with Crippen LogP contribution in [0.5, 0.6) is 5.88 Å². The zero-order valence-electron chi connectivity index (χ0n) is 16.6. The van der Waals surface area contributed by atoms with Gasteiger partial charge in [-0.3, -0.25) is 24.5 Å². The molecule has 1 aromatic heterocycles. The third kappa shape index (κ3) is 4.62. The van der Waals surface area contributed by atoms with E-state index in [9.17, 15) is 19.5 Å². The molecule has 2 aromatic rings. The molecule has 3 rings (SSSR count). The molecule has 9 heteroatoms. The molecular formula is C20H25N5O4. The van der Waals surface area contributed by atoms with E-state index < -0.39 is 17.1 Å². The van der Waals surface area contributed by atoms with Crippen molar-refractivity contribution < 1.29 is 9.90 Å². The maximum Gasteiger partial charge on any atom is 0.335 e. The second-order valence-electron chi connectivity index (χ2n) is 6.94. The van der Waals surface area contributed by atoms with Crippen LogP contribution in [0, 0.1) is 0 Å². The van der Waals surface area contributed by atoms with E-state index in [1.807, 2.05) is 4.90 Å². The summed E-state index contributed by atoms with van der Waals surface area (Å²) in [6, 6.07) is 8.59. The molecular weight excluding hydrogens is 374 g/mol. The molecule has 0 atom stereocenters. The summed E-state index contributed by atoms with van der Waals surface area (Å²) < 4.78 is 1.05. The van der Waals surface area contributed by atoms with E-state index >= 15 is 0 Å². The highest BCUT2D eigenvalue weighted by atomic mass is 16.3. The molecule has 2 N–H and O–H groups in total. The number of aromatic amines is 1. The molecule has 1 saturated heterocycles. The van der Waals surface area contributed by atoms with E-state index in [1.165, 1.54) is 0 Å². The van der Waals surface area contributed by atoms with E-state index in [0.717, 1.165) is 17.7 Å². The van der Waals surface area contributed by atoms with Crippen LogP contribution in [0.25, 0.3) is 5.69 Å². The molecule has 1 fully saturated rings.